The average molecular weight is 1060 g/mol. The topological polar surface area (TPSA) is 337 Å². The lowest BCUT2D eigenvalue weighted by Gasteiger charge is -2.71. The predicted octanol–water partition coefficient (Wildman–Crippen LogP) is -0.536. The summed E-state index contributed by atoms with van der Waals surface area (Å²) in [6.45, 7) is 17.2. The molecule has 4 aliphatic carbocycles. The SMILES string of the molecule is CC(C)=CCCC(C)(OC1OC(CO)C(O)C(O)C1O)C1CCC2(C)C1C(O)CC1C3(C)CCC(OC4OC(CO)C(OC5OCC(O)C(O)C5O)C(O)C4OC4OC(C)C(O)C(O)C4O)C(C)(C)C3CCC12C. The van der Waals surface area contributed by atoms with E-state index in [1.54, 1.807) is 0 Å². The van der Waals surface area contributed by atoms with Gasteiger partial charge >= 0.3 is 0 Å². The Morgan fingerprint density at radius 1 is 0.595 bits per heavy atom. The highest BCUT2D eigenvalue weighted by molar-refractivity contribution is 5.20. The van der Waals surface area contributed by atoms with Gasteiger partial charge in [0.25, 0.3) is 0 Å². The molecule has 4 heterocycles. The number of aliphatic hydroxyl groups is 13. The highest BCUT2D eigenvalue weighted by Crippen LogP contribution is 2.76. The van der Waals surface area contributed by atoms with E-state index < -0.39 is 160 Å². The summed E-state index contributed by atoms with van der Waals surface area (Å²) in [7, 11) is 0. The fraction of sp³-hybridized carbons (Fsp3) is 0.962. The van der Waals surface area contributed by atoms with Crippen LogP contribution in [0.5, 0.6) is 0 Å². The van der Waals surface area contributed by atoms with Gasteiger partial charge in [0.2, 0.25) is 0 Å². The molecule has 29 atom stereocenters. The molecule has 0 spiro atoms. The molecule has 0 bridgehead atoms. The van der Waals surface area contributed by atoms with Crippen LogP contribution in [0.1, 0.15) is 120 Å². The highest BCUT2D eigenvalue weighted by Gasteiger charge is 2.72. The Morgan fingerprint density at radius 2 is 1.20 bits per heavy atom. The number of ether oxygens (including phenoxy) is 8. The van der Waals surface area contributed by atoms with Gasteiger partial charge in [0.1, 0.15) is 85.5 Å². The maximum atomic E-state index is 12.8. The minimum Gasteiger partial charge on any atom is -0.394 e. The molecule has 8 rings (SSSR count). The van der Waals surface area contributed by atoms with E-state index in [9.17, 15) is 66.4 Å². The predicted molar refractivity (Wildman–Crippen MR) is 259 cm³/mol. The summed E-state index contributed by atoms with van der Waals surface area (Å²) in [5.74, 6) is -0.278. The Labute approximate surface area is 434 Å². The second kappa shape index (κ2) is 22.1. The first-order valence-electron chi connectivity index (χ1n) is 27.2. The zero-order valence-electron chi connectivity index (χ0n) is 44.6. The average Bonchev–Trinajstić information content (AvgIpc) is 3.73. The minimum atomic E-state index is -1.78. The summed E-state index contributed by atoms with van der Waals surface area (Å²) in [6, 6.07) is 0. The summed E-state index contributed by atoms with van der Waals surface area (Å²) in [4.78, 5) is 0. The Bertz CT molecular complexity index is 1920. The van der Waals surface area contributed by atoms with Gasteiger partial charge in [-0.05, 0) is 131 Å². The van der Waals surface area contributed by atoms with E-state index >= 15 is 0 Å². The van der Waals surface area contributed by atoms with Crippen molar-refractivity contribution in [2.45, 2.75) is 255 Å². The largest absolute Gasteiger partial charge is 0.394 e. The van der Waals surface area contributed by atoms with Crippen molar-refractivity contribution in [2.24, 2.45) is 45.3 Å². The van der Waals surface area contributed by atoms with Crippen molar-refractivity contribution in [3.8, 4) is 0 Å². The van der Waals surface area contributed by atoms with Gasteiger partial charge in [0.05, 0.1) is 43.7 Å². The fourth-order valence-electron chi connectivity index (χ4n) is 16.0. The second-order valence-electron chi connectivity index (χ2n) is 25.2. The van der Waals surface area contributed by atoms with E-state index in [1.807, 2.05) is 20.8 Å². The third-order valence-electron chi connectivity index (χ3n) is 20.5. The third-order valence-corrected chi connectivity index (χ3v) is 20.5. The summed E-state index contributed by atoms with van der Waals surface area (Å²) < 4.78 is 49.6. The van der Waals surface area contributed by atoms with Crippen LogP contribution in [0.3, 0.4) is 0 Å². The van der Waals surface area contributed by atoms with Crippen molar-refractivity contribution < 1.29 is 104 Å². The Hall–Kier alpha value is -1.10. The number of aliphatic hydroxyl groups excluding tert-OH is 13. The lowest BCUT2D eigenvalue weighted by molar-refractivity contribution is -0.391. The number of hydrogen-bond donors (Lipinski definition) is 13. The van der Waals surface area contributed by atoms with Gasteiger partial charge in [-0.25, -0.2) is 0 Å². The van der Waals surface area contributed by atoms with E-state index in [0.717, 1.165) is 31.3 Å². The van der Waals surface area contributed by atoms with Crippen molar-refractivity contribution in [3.63, 3.8) is 0 Å². The maximum absolute atomic E-state index is 12.8. The molecule has 0 aromatic rings. The van der Waals surface area contributed by atoms with Gasteiger partial charge in [-0.15, -0.1) is 0 Å². The number of fused-ring (bicyclic) bond motifs is 5. The Balaban J connectivity index is 1.04. The molecule has 0 radical (unpaired) electrons. The molecule has 4 saturated heterocycles. The first-order valence-corrected chi connectivity index (χ1v) is 27.2. The first kappa shape index (κ1) is 59.0. The van der Waals surface area contributed by atoms with Crippen LogP contribution in [0.15, 0.2) is 11.6 Å². The van der Waals surface area contributed by atoms with E-state index in [0.29, 0.717) is 32.1 Å². The summed E-state index contributed by atoms with van der Waals surface area (Å²) >= 11 is 0. The van der Waals surface area contributed by atoms with Gasteiger partial charge in [-0.3, -0.25) is 0 Å². The molecule has 0 aromatic carbocycles. The number of allylic oxidation sites excluding steroid dienone is 2. The molecular weight excluding hydrogens is 973 g/mol. The van der Waals surface area contributed by atoms with E-state index in [-0.39, 0.29) is 39.9 Å². The molecule has 13 N–H and O–H groups in total. The zero-order valence-corrected chi connectivity index (χ0v) is 44.6. The maximum Gasteiger partial charge on any atom is 0.187 e. The molecule has 21 heteroatoms. The Kier molecular flexibility index (Phi) is 17.6. The van der Waals surface area contributed by atoms with Crippen LogP contribution in [-0.2, 0) is 37.9 Å². The monoisotopic (exact) mass is 1060 g/mol. The lowest BCUT2D eigenvalue weighted by Crippen LogP contribution is -2.68. The van der Waals surface area contributed by atoms with Crippen molar-refractivity contribution in [1.29, 1.82) is 0 Å². The van der Waals surface area contributed by atoms with E-state index in [2.05, 4.69) is 40.7 Å². The standard InChI is InChI=1S/C53H90O21/c1-23(2)11-10-15-53(9,74-47-41(65)38(62)36(60)28(20-54)69-47)25-12-17-52(8)33(25)26(56)19-31-50(6)16-14-32(49(4,5)30(50)13-18-51(31,52)7)71-48-44(73-46-40(64)37(61)34(58)24(3)68-46)42(66)43(29(21-55)70-48)72-45-39(63)35(59)27(57)22-67-45/h11,24-48,54-66H,10,12-22H2,1-9H3. The zero-order chi connectivity index (χ0) is 54.4. The summed E-state index contributed by atoms with van der Waals surface area (Å²) in [6.07, 6.45) is -21.7. The summed E-state index contributed by atoms with van der Waals surface area (Å²) in [5, 5.41) is 142. The number of rotatable bonds is 14. The molecule has 29 unspecified atom stereocenters. The van der Waals surface area contributed by atoms with Gasteiger partial charge < -0.3 is 104 Å². The van der Waals surface area contributed by atoms with Gasteiger partial charge in [-0.2, -0.15) is 0 Å². The van der Waals surface area contributed by atoms with Crippen LogP contribution in [0.4, 0.5) is 0 Å². The van der Waals surface area contributed by atoms with E-state index in [1.165, 1.54) is 6.92 Å². The van der Waals surface area contributed by atoms with Crippen LogP contribution in [-0.4, -0.2) is 221 Å². The molecule has 428 valence electrons. The van der Waals surface area contributed by atoms with Crippen molar-refractivity contribution in [2.75, 3.05) is 19.8 Å². The first-order chi connectivity index (χ1) is 34.6. The molecule has 8 fully saturated rings. The molecule has 8 aliphatic rings. The highest BCUT2D eigenvalue weighted by atomic mass is 16.8. The van der Waals surface area contributed by atoms with Crippen LogP contribution < -0.4 is 0 Å². The lowest BCUT2D eigenvalue weighted by atomic mass is 9.35. The summed E-state index contributed by atoms with van der Waals surface area (Å²) in [5.41, 5.74) is -1.32. The normalized spacial score (nSPS) is 53.3. The van der Waals surface area contributed by atoms with Gasteiger partial charge in [0.15, 0.2) is 25.2 Å². The quantitative estimate of drug-likeness (QED) is 0.0768. The van der Waals surface area contributed by atoms with Crippen LogP contribution in [0.2, 0.25) is 0 Å². The Morgan fingerprint density at radius 3 is 1.86 bits per heavy atom. The number of hydrogen-bond acceptors (Lipinski definition) is 21. The van der Waals surface area contributed by atoms with Crippen molar-refractivity contribution in [1.82, 2.24) is 0 Å². The second-order valence-corrected chi connectivity index (χ2v) is 25.2. The molecule has 21 nitrogen and oxygen atoms in total. The molecule has 4 saturated carbocycles. The third kappa shape index (κ3) is 10.1. The fourth-order valence-corrected chi connectivity index (χ4v) is 16.0. The molecule has 74 heavy (non-hydrogen) atoms. The van der Waals surface area contributed by atoms with Crippen molar-refractivity contribution in [3.05, 3.63) is 11.6 Å². The van der Waals surface area contributed by atoms with Gasteiger partial charge in [0, 0.05) is 0 Å². The molecular formula is C53H90O21. The molecule has 0 amide bonds. The van der Waals surface area contributed by atoms with Crippen LogP contribution in [0.25, 0.3) is 0 Å². The van der Waals surface area contributed by atoms with Crippen LogP contribution in [0, 0.1) is 45.3 Å². The minimum absolute atomic E-state index is 0.0468. The molecule has 4 aliphatic heterocycles. The van der Waals surface area contributed by atoms with Crippen LogP contribution >= 0.6 is 0 Å². The van der Waals surface area contributed by atoms with Crippen molar-refractivity contribution >= 4 is 0 Å². The smallest absolute Gasteiger partial charge is 0.187 e. The van der Waals surface area contributed by atoms with E-state index in [4.69, 9.17) is 37.9 Å². The molecule has 0 aromatic heterocycles. The van der Waals surface area contributed by atoms with Gasteiger partial charge in [-0.1, -0.05) is 46.3 Å².